The van der Waals surface area contributed by atoms with Crippen molar-refractivity contribution in [3.05, 3.63) is 0 Å². The largest absolute Gasteiger partial charge is 0.354 e. The van der Waals surface area contributed by atoms with Crippen molar-refractivity contribution in [1.82, 2.24) is 10.6 Å². The number of carbonyl (C=O) groups excluding carboxylic acids is 1. The van der Waals surface area contributed by atoms with E-state index in [0.717, 1.165) is 12.5 Å². The van der Waals surface area contributed by atoms with Crippen molar-refractivity contribution >= 4 is 5.91 Å². The van der Waals surface area contributed by atoms with Gasteiger partial charge in [0.2, 0.25) is 5.91 Å². The highest BCUT2D eigenvalue weighted by molar-refractivity contribution is 5.76. The minimum absolute atomic E-state index is 0.162. The van der Waals surface area contributed by atoms with Gasteiger partial charge in [-0.3, -0.25) is 4.79 Å². The molecule has 0 heterocycles. The van der Waals surface area contributed by atoms with Crippen LogP contribution in [0.1, 0.15) is 60.3 Å². The van der Waals surface area contributed by atoms with Gasteiger partial charge in [0.15, 0.2) is 0 Å². The van der Waals surface area contributed by atoms with E-state index in [4.69, 9.17) is 0 Å². The molecule has 2 bridgehead atoms. The Morgan fingerprint density at radius 3 is 2.47 bits per heavy atom. The second-order valence-electron chi connectivity index (χ2n) is 7.59. The van der Waals surface area contributed by atoms with Crippen LogP contribution in [0.25, 0.3) is 0 Å². The van der Waals surface area contributed by atoms with Gasteiger partial charge in [0, 0.05) is 25.0 Å². The molecule has 1 amide bonds. The SMILES string of the molecule is CC(C)NC(=O)CCNC1CC2CCC1(C)C2(C)C. The molecule has 2 fully saturated rings. The molecule has 0 spiro atoms. The van der Waals surface area contributed by atoms with Crippen LogP contribution in [-0.2, 0) is 4.79 Å². The first kappa shape index (κ1) is 14.8. The Labute approximate surface area is 117 Å². The third-order valence-corrected chi connectivity index (χ3v) is 5.99. The van der Waals surface area contributed by atoms with Crippen molar-refractivity contribution in [1.29, 1.82) is 0 Å². The normalized spacial score (nSPS) is 35.9. The van der Waals surface area contributed by atoms with Crippen LogP contribution in [0.5, 0.6) is 0 Å². The fourth-order valence-corrected chi connectivity index (χ4v) is 4.27. The predicted octanol–water partition coefficient (Wildman–Crippen LogP) is 2.71. The molecule has 3 atom stereocenters. The smallest absolute Gasteiger partial charge is 0.221 e. The van der Waals surface area contributed by atoms with Crippen molar-refractivity contribution in [2.45, 2.75) is 72.4 Å². The zero-order chi connectivity index (χ0) is 14.3. The third-order valence-electron chi connectivity index (χ3n) is 5.99. The monoisotopic (exact) mass is 266 g/mol. The average Bonchev–Trinajstić information content (AvgIpc) is 2.60. The summed E-state index contributed by atoms with van der Waals surface area (Å²) in [6.45, 7) is 12.1. The fraction of sp³-hybridized carbons (Fsp3) is 0.938. The van der Waals surface area contributed by atoms with Crippen molar-refractivity contribution in [3.8, 4) is 0 Å². The van der Waals surface area contributed by atoms with Gasteiger partial charge in [0.1, 0.15) is 0 Å². The Bertz CT molecular complexity index is 351. The van der Waals surface area contributed by atoms with Gasteiger partial charge in [-0.2, -0.15) is 0 Å². The Morgan fingerprint density at radius 1 is 1.32 bits per heavy atom. The van der Waals surface area contributed by atoms with E-state index in [0.29, 0.717) is 23.3 Å². The molecule has 2 rings (SSSR count). The summed E-state index contributed by atoms with van der Waals surface area (Å²) in [5.74, 6) is 1.02. The van der Waals surface area contributed by atoms with E-state index in [1.807, 2.05) is 13.8 Å². The molecule has 19 heavy (non-hydrogen) atoms. The van der Waals surface area contributed by atoms with E-state index in [2.05, 4.69) is 31.4 Å². The molecule has 3 nitrogen and oxygen atoms in total. The van der Waals surface area contributed by atoms with E-state index in [1.165, 1.54) is 19.3 Å². The maximum absolute atomic E-state index is 11.6. The lowest BCUT2D eigenvalue weighted by molar-refractivity contribution is -0.121. The minimum Gasteiger partial charge on any atom is -0.354 e. The summed E-state index contributed by atoms with van der Waals surface area (Å²) in [7, 11) is 0. The first-order valence-corrected chi connectivity index (χ1v) is 7.80. The van der Waals surface area contributed by atoms with Crippen molar-refractivity contribution in [2.24, 2.45) is 16.7 Å². The van der Waals surface area contributed by atoms with Gasteiger partial charge in [-0.05, 0) is 49.9 Å². The Kier molecular flexibility index (Phi) is 3.97. The van der Waals surface area contributed by atoms with Gasteiger partial charge in [-0.1, -0.05) is 20.8 Å². The number of nitrogens with one attached hydrogen (secondary N) is 2. The molecule has 0 aromatic rings. The van der Waals surface area contributed by atoms with Gasteiger partial charge in [0.25, 0.3) is 0 Å². The van der Waals surface area contributed by atoms with Gasteiger partial charge >= 0.3 is 0 Å². The summed E-state index contributed by atoms with van der Waals surface area (Å²) in [5, 5.41) is 6.60. The quantitative estimate of drug-likeness (QED) is 0.803. The van der Waals surface area contributed by atoms with E-state index in [-0.39, 0.29) is 11.9 Å². The predicted molar refractivity (Wildman–Crippen MR) is 78.9 cm³/mol. The van der Waals surface area contributed by atoms with Crippen molar-refractivity contribution in [3.63, 3.8) is 0 Å². The molecule has 2 aliphatic carbocycles. The van der Waals surface area contributed by atoms with Crippen LogP contribution < -0.4 is 10.6 Å². The Hall–Kier alpha value is -0.570. The Morgan fingerprint density at radius 2 is 2.00 bits per heavy atom. The summed E-state index contributed by atoms with van der Waals surface area (Å²) < 4.78 is 0. The summed E-state index contributed by atoms with van der Waals surface area (Å²) in [5.41, 5.74) is 0.858. The maximum Gasteiger partial charge on any atom is 0.221 e. The first-order valence-electron chi connectivity index (χ1n) is 7.80. The molecule has 0 aliphatic heterocycles. The molecule has 3 heteroatoms. The summed E-state index contributed by atoms with van der Waals surface area (Å²) >= 11 is 0. The van der Waals surface area contributed by atoms with Crippen LogP contribution in [0.15, 0.2) is 0 Å². The Balaban J connectivity index is 1.81. The number of hydrogen-bond acceptors (Lipinski definition) is 2. The van der Waals surface area contributed by atoms with E-state index in [9.17, 15) is 4.79 Å². The number of hydrogen-bond donors (Lipinski definition) is 2. The molecule has 2 aliphatic rings. The van der Waals surface area contributed by atoms with Crippen molar-refractivity contribution in [2.75, 3.05) is 6.54 Å². The lowest BCUT2D eigenvalue weighted by Gasteiger charge is -2.39. The van der Waals surface area contributed by atoms with E-state index < -0.39 is 0 Å². The molecular weight excluding hydrogens is 236 g/mol. The molecule has 0 aromatic carbocycles. The van der Waals surface area contributed by atoms with Crippen LogP contribution in [0.2, 0.25) is 0 Å². The molecule has 0 radical (unpaired) electrons. The second kappa shape index (κ2) is 5.08. The third kappa shape index (κ3) is 2.54. The number of fused-ring (bicyclic) bond motifs is 2. The summed E-state index contributed by atoms with van der Waals surface area (Å²) in [6.07, 6.45) is 4.60. The zero-order valence-electron chi connectivity index (χ0n) is 13.2. The van der Waals surface area contributed by atoms with Gasteiger partial charge in [0.05, 0.1) is 0 Å². The number of amides is 1. The van der Waals surface area contributed by atoms with Gasteiger partial charge in [-0.15, -0.1) is 0 Å². The maximum atomic E-state index is 11.6. The molecule has 3 unspecified atom stereocenters. The average molecular weight is 266 g/mol. The second-order valence-corrected chi connectivity index (χ2v) is 7.59. The van der Waals surface area contributed by atoms with Gasteiger partial charge in [-0.25, -0.2) is 0 Å². The first-order chi connectivity index (χ1) is 8.77. The highest BCUT2D eigenvalue weighted by Gasteiger charge is 2.60. The molecule has 2 saturated carbocycles. The molecule has 2 N–H and O–H groups in total. The van der Waals surface area contributed by atoms with Crippen LogP contribution >= 0.6 is 0 Å². The summed E-state index contributed by atoms with van der Waals surface area (Å²) in [4.78, 5) is 11.6. The summed E-state index contributed by atoms with van der Waals surface area (Å²) in [6, 6.07) is 0.833. The number of carbonyl (C=O) groups is 1. The molecular formula is C16H30N2O. The standard InChI is InChI=1S/C16H30N2O/c1-11(2)18-14(19)7-9-17-13-10-12-6-8-16(13,5)15(12,3)4/h11-13,17H,6-10H2,1-5H3,(H,18,19). The van der Waals surface area contributed by atoms with E-state index in [1.54, 1.807) is 0 Å². The van der Waals surface area contributed by atoms with Crippen LogP contribution in [0.4, 0.5) is 0 Å². The zero-order valence-corrected chi connectivity index (χ0v) is 13.2. The lowest BCUT2D eigenvalue weighted by Crippen LogP contribution is -2.45. The van der Waals surface area contributed by atoms with Gasteiger partial charge < -0.3 is 10.6 Å². The lowest BCUT2D eigenvalue weighted by atomic mass is 9.69. The topological polar surface area (TPSA) is 41.1 Å². The van der Waals surface area contributed by atoms with Crippen molar-refractivity contribution < 1.29 is 4.79 Å². The van der Waals surface area contributed by atoms with E-state index >= 15 is 0 Å². The fourth-order valence-electron chi connectivity index (χ4n) is 4.27. The highest BCUT2D eigenvalue weighted by Crippen LogP contribution is 2.65. The number of rotatable bonds is 5. The molecule has 0 saturated heterocycles. The highest BCUT2D eigenvalue weighted by atomic mass is 16.1. The van der Waals surface area contributed by atoms with Crippen LogP contribution in [0.3, 0.4) is 0 Å². The molecule has 110 valence electrons. The van der Waals surface area contributed by atoms with Crippen LogP contribution in [0, 0.1) is 16.7 Å². The molecule has 0 aromatic heterocycles. The van der Waals surface area contributed by atoms with Crippen LogP contribution in [-0.4, -0.2) is 24.5 Å². The minimum atomic E-state index is 0.162.